The van der Waals surface area contributed by atoms with Gasteiger partial charge in [0.2, 0.25) is 0 Å². The molecule has 3 rings (SSSR count). The second kappa shape index (κ2) is 5.69. The van der Waals surface area contributed by atoms with Crippen molar-refractivity contribution < 1.29 is 5.11 Å². The number of para-hydroxylation sites is 2. The van der Waals surface area contributed by atoms with Gasteiger partial charge in [0.25, 0.3) is 0 Å². The minimum Gasteiger partial charge on any atom is -0.386 e. The number of aromatic nitrogens is 2. The van der Waals surface area contributed by atoms with Crippen molar-refractivity contribution in [2.45, 2.75) is 12.5 Å². The molecule has 3 aromatic rings. The summed E-state index contributed by atoms with van der Waals surface area (Å²) in [7, 11) is 0. The van der Waals surface area contributed by atoms with Crippen molar-refractivity contribution in [3.8, 4) is 0 Å². The molecule has 1 heterocycles. The van der Waals surface area contributed by atoms with Gasteiger partial charge in [-0.25, -0.2) is 4.98 Å². The number of hydrogen-bond acceptors (Lipinski definition) is 3. The molecule has 0 bridgehead atoms. The van der Waals surface area contributed by atoms with E-state index in [4.69, 9.17) is 0 Å². The number of rotatable bonds is 3. The van der Waals surface area contributed by atoms with E-state index in [1.54, 1.807) is 6.20 Å². The first-order valence-electron chi connectivity index (χ1n) is 6.36. The SMILES string of the molecule is OC(Cc1cccc(Br)c1)c1cnc2ccccc2n1. The van der Waals surface area contributed by atoms with Crippen LogP contribution in [0.1, 0.15) is 17.4 Å². The zero-order valence-electron chi connectivity index (χ0n) is 10.7. The third kappa shape index (κ3) is 2.86. The van der Waals surface area contributed by atoms with Gasteiger partial charge in [0.05, 0.1) is 22.9 Å². The molecular weight excluding hydrogens is 316 g/mol. The zero-order chi connectivity index (χ0) is 13.9. The Hall–Kier alpha value is -1.78. The Balaban J connectivity index is 1.86. The molecule has 0 fully saturated rings. The van der Waals surface area contributed by atoms with Crippen molar-refractivity contribution in [3.63, 3.8) is 0 Å². The lowest BCUT2D eigenvalue weighted by Gasteiger charge is -2.10. The standard InChI is InChI=1S/C16H13BrN2O/c17-12-5-3-4-11(8-12)9-16(20)15-10-18-13-6-1-2-7-14(13)19-15/h1-8,10,16,20H,9H2. The van der Waals surface area contributed by atoms with E-state index < -0.39 is 6.10 Å². The lowest BCUT2D eigenvalue weighted by Crippen LogP contribution is -2.05. The molecule has 4 heteroatoms. The highest BCUT2D eigenvalue weighted by molar-refractivity contribution is 9.10. The molecule has 1 unspecified atom stereocenters. The van der Waals surface area contributed by atoms with Crippen LogP contribution in [-0.4, -0.2) is 15.1 Å². The monoisotopic (exact) mass is 328 g/mol. The Bertz CT molecular complexity index is 745. The Morgan fingerprint density at radius 2 is 1.85 bits per heavy atom. The van der Waals surface area contributed by atoms with Crippen molar-refractivity contribution in [2.75, 3.05) is 0 Å². The Morgan fingerprint density at radius 3 is 2.65 bits per heavy atom. The minimum absolute atomic E-state index is 0.520. The van der Waals surface area contributed by atoms with Crippen LogP contribution in [0.4, 0.5) is 0 Å². The third-order valence-corrected chi connectivity index (χ3v) is 3.62. The van der Waals surface area contributed by atoms with Crippen LogP contribution in [0.5, 0.6) is 0 Å². The van der Waals surface area contributed by atoms with E-state index in [0.717, 1.165) is 21.1 Å². The van der Waals surface area contributed by atoms with Crippen molar-refractivity contribution in [3.05, 3.63) is 70.5 Å². The highest BCUT2D eigenvalue weighted by Gasteiger charge is 2.11. The smallest absolute Gasteiger partial charge is 0.102 e. The second-order valence-electron chi connectivity index (χ2n) is 4.63. The molecule has 100 valence electrons. The first-order valence-corrected chi connectivity index (χ1v) is 7.16. The number of benzene rings is 2. The van der Waals surface area contributed by atoms with Crippen molar-refractivity contribution in [1.29, 1.82) is 0 Å². The molecule has 0 aliphatic carbocycles. The van der Waals surface area contributed by atoms with E-state index in [9.17, 15) is 5.11 Å². The lowest BCUT2D eigenvalue weighted by molar-refractivity contribution is 0.173. The first-order chi connectivity index (χ1) is 9.72. The summed E-state index contributed by atoms with van der Waals surface area (Å²) in [5.74, 6) is 0. The molecule has 0 saturated heterocycles. The maximum Gasteiger partial charge on any atom is 0.102 e. The molecule has 0 amide bonds. The van der Waals surface area contributed by atoms with Crippen LogP contribution < -0.4 is 0 Å². The number of aliphatic hydroxyl groups excluding tert-OH is 1. The fourth-order valence-electron chi connectivity index (χ4n) is 2.12. The van der Waals surface area contributed by atoms with Gasteiger partial charge < -0.3 is 5.11 Å². The van der Waals surface area contributed by atoms with Gasteiger partial charge in [0, 0.05) is 10.9 Å². The molecule has 2 aromatic carbocycles. The van der Waals surface area contributed by atoms with Gasteiger partial charge in [-0.2, -0.15) is 0 Å². The van der Waals surface area contributed by atoms with Crippen LogP contribution in [-0.2, 0) is 6.42 Å². The maximum absolute atomic E-state index is 10.3. The molecule has 20 heavy (non-hydrogen) atoms. The Kier molecular flexibility index (Phi) is 3.76. The molecule has 0 saturated carbocycles. The van der Waals surface area contributed by atoms with Gasteiger partial charge in [0.1, 0.15) is 6.10 Å². The predicted molar refractivity (Wildman–Crippen MR) is 82.3 cm³/mol. The van der Waals surface area contributed by atoms with Crippen molar-refractivity contribution in [1.82, 2.24) is 9.97 Å². The van der Waals surface area contributed by atoms with Gasteiger partial charge in [-0.05, 0) is 29.8 Å². The fourth-order valence-corrected chi connectivity index (χ4v) is 2.57. The highest BCUT2D eigenvalue weighted by atomic mass is 79.9. The van der Waals surface area contributed by atoms with E-state index in [0.29, 0.717) is 12.1 Å². The number of halogens is 1. The third-order valence-electron chi connectivity index (χ3n) is 3.13. The van der Waals surface area contributed by atoms with Crippen molar-refractivity contribution >= 4 is 27.0 Å². The average Bonchev–Trinajstić information content (AvgIpc) is 2.47. The maximum atomic E-state index is 10.3. The zero-order valence-corrected chi connectivity index (χ0v) is 12.3. The minimum atomic E-state index is -0.651. The van der Waals surface area contributed by atoms with E-state index in [2.05, 4.69) is 25.9 Å². The molecule has 0 aliphatic heterocycles. The van der Waals surface area contributed by atoms with Gasteiger partial charge in [-0.15, -0.1) is 0 Å². The summed E-state index contributed by atoms with van der Waals surface area (Å²) >= 11 is 3.43. The van der Waals surface area contributed by atoms with Crippen LogP contribution >= 0.6 is 15.9 Å². The number of aliphatic hydroxyl groups is 1. The first kappa shape index (κ1) is 13.2. The van der Waals surface area contributed by atoms with Crippen LogP contribution in [0.15, 0.2) is 59.2 Å². The van der Waals surface area contributed by atoms with Crippen LogP contribution in [0.25, 0.3) is 11.0 Å². The highest BCUT2D eigenvalue weighted by Crippen LogP contribution is 2.20. The van der Waals surface area contributed by atoms with Gasteiger partial charge in [-0.1, -0.05) is 40.2 Å². The molecule has 1 atom stereocenters. The number of fused-ring (bicyclic) bond motifs is 1. The van der Waals surface area contributed by atoms with Gasteiger partial charge >= 0.3 is 0 Å². The van der Waals surface area contributed by atoms with E-state index in [1.165, 1.54) is 0 Å². The van der Waals surface area contributed by atoms with Crippen LogP contribution in [0.2, 0.25) is 0 Å². The summed E-state index contributed by atoms with van der Waals surface area (Å²) in [6.45, 7) is 0. The number of nitrogens with zero attached hydrogens (tertiary/aromatic N) is 2. The predicted octanol–water partition coefficient (Wildman–Crippen LogP) is 3.67. The van der Waals surface area contributed by atoms with E-state index in [1.807, 2.05) is 48.5 Å². The molecule has 0 spiro atoms. The molecule has 0 radical (unpaired) electrons. The second-order valence-corrected chi connectivity index (χ2v) is 5.55. The molecule has 3 nitrogen and oxygen atoms in total. The summed E-state index contributed by atoms with van der Waals surface area (Å²) in [6, 6.07) is 15.6. The summed E-state index contributed by atoms with van der Waals surface area (Å²) in [5, 5.41) is 10.3. The lowest BCUT2D eigenvalue weighted by atomic mass is 10.1. The fraction of sp³-hybridized carbons (Fsp3) is 0.125. The molecule has 1 aromatic heterocycles. The Labute approximate surface area is 125 Å². The Morgan fingerprint density at radius 1 is 1.05 bits per heavy atom. The summed E-state index contributed by atoms with van der Waals surface area (Å²) in [4.78, 5) is 8.80. The topological polar surface area (TPSA) is 46.0 Å². The summed E-state index contributed by atoms with van der Waals surface area (Å²) in [5.41, 5.74) is 3.30. The van der Waals surface area contributed by atoms with E-state index in [-0.39, 0.29) is 0 Å². The van der Waals surface area contributed by atoms with Crippen LogP contribution in [0.3, 0.4) is 0 Å². The summed E-state index contributed by atoms with van der Waals surface area (Å²) in [6.07, 6.45) is 1.51. The molecular formula is C16H13BrN2O. The van der Waals surface area contributed by atoms with Gasteiger partial charge in [0.15, 0.2) is 0 Å². The summed E-state index contributed by atoms with van der Waals surface area (Å²) < 4.78 is 1.01. The van der Waals surface area contributed by atoms with Crippen LogP contribution in [0, 0.1) is 0 Å². The molecule has 0 aliphatic rings. The van der Waals surface area contributed by atoms with E-state index >= 15 is 0 Å². The van der Waals surface area contributed by atoms with Crippen molar-refractivity contribution in [2.24, 2.45) is 0 Å². The quantitative estimate of drug-likeness (QED) is 0.797. The average molecular weight is 329 g/mol. The van der Waals surface area contributed by atoms with Gasteiger partial charge in [-0.3, -0.25) is 4.98 Å². The molecule has 1 N–H and O–H groups in total. The largest absolute Gasteiger partial charge is 0.386 e. The number of hydrogen-bond donors (Lipinski definition) is 1. The normalized spacial score (nSPS) is 12.5.